The van der Waals surface area contributed by atoms with Crippen molar-refractivity contribution in [2.24, 2.45) is 0 Å². The number of fused-ring (bicyclic) bond motifs is 1. The second kappa shape index (κ2) is 6.39. The predicted octanol–water partition coefficient (Wildman–Crippen LogP) is 3.54. The van der Waals surface area contributed by atoms with E-state index in [4.69, 9.17) is 11.6 Å². The molecule has 0 aliphatic carbocycles. The van der Waals surface area contributed by atoms with Gasteiger partial charge in [0.1, 0.15) is 9.83 Å². The van der Waals surface area contributed by atoms with Crippen LogP contribution >= 0.6 is 22.9 Å². The molecular formula is C15H11ClN2O4S2. The number of hydrogen-bond donors (Lipinski definition) is 1. The summed E-state index contributed by atoms with van der Waals surface area (Å²) in [5.41, 5.74) is 0.264. The zero-order valence-electron chi connectivity index (χ0n) is 12.3. The second-order valence-electron chi connectivity index (χ2n) is 4.72. The Kier molecular flexibility index (Phi) is 4.44. The van der Waals surface area contributed by atoms with Gasteiger partial charge in [-0.05, 0) is 36.4 Å². The first-order chi connectivity index (χ1) is 11.4. The van der Waals surface area contributed by atoms with E-state index in [1.165, 1.54) is 31.4 Å². The first-order valence-electron chi connectivity index (χ1n) is 6.66. The van der Waals surface area contributed by atoms with Gasteiger partial charge in [-0.15, -0.1) is 0 Å². The fourth-order valence-corrected chi connectivity index (χ4v) is 4.71. The molecule has 3 rings (SSSR count). The van der Waals surface area contributed by atoms with Crippen LogP contribution < -0.4 is 4.72 Å². The van der Waals surface area contributed by atoms with Crippen LogP contribution in [-0.2, 0) is 14.8 Å². The molecule has 2 heterocycles. The molecule has 0 spiro atoms. The molecule has 0 bridgehead atoms. The van der Waals surface area contributed by atoms with Gasteiger partial charge >= 0.3 is 5.97 Å². The van der Waals surface area contributed by atoms with Crippen molar-refractivity contribution in [3.8, 4) is 0 Å². The summed E-state index contributed by atoms with van der Waals surface area (Å²) in [4.78, 5) is 16.2. The number of nitrogens with zero attached hydrogens (tertiary/aromatic N) is 1. The molecular weight excluding hydrogens is 372 g/mol. The number of ether oxygens (including phenoxy) is 1. The highest BCUT2D eigenvalue weighted by atomic mass is 35.5. The number of rotatable bonds is 4. The topological polar surface area (TPSA) is 85.4 Å². The van der Waals surface area contributed by atoms with E-state index >= 15 is 0 Å². The normalized spacial score (nSPS) is 11.4. The van der Waals surface area contributed by atoms with E-state index in [9.17, 15) is 13.2 Å². The minimum atomic E-state index is -3.84. The molecule has 0 amide bonds. The highest BCUT2D eigenvalue weighted by Gasteiger charge is 2.20. The lowest BCUT2D eigenvalue weighted by molar-refractivity contribution is 0.0600. The van der Waals surface area contributed by atoms with E-state index < -0.39 is 16.0 Å². The molecule has 0 saturated carbocycles. The predicted molar refractivity (Wildman–Crippen MR) is 93.2 cm³/mol. The summed E-state index contributed by atoms with van der Waals surface area (Å²) < 4.78 is 32.0. The third-order valence-corrected chi connectivity index (χ3v) is 6.25. The first-order valence-corrected chi connectivity index (χ1v) is 9.34. The molecule has 6 nitrogen and oxygen atoms in total. The molecule has 1 N–H and O–H groups in total. The van der Waals surface area contributed by atoms with Crippen LogP contribution in [0.4, 0.5) is 5.00 Å². The Morgan fingerprint density at radius 3 is 2.58 bits per heavy atom. The van der Waals surface area contributed by atoms with Crippen LogP contribution in [0.1, 0.15) is 10.4 Å². The first kappa shape index (κ1) is 16.7. The number of anilines is 1. The number of benzene rings is 1. The van der Waals surface area contributed by atoms with Crippen LogP contribution in [-0.4, -0.2) is 26.5 Å². The number of carbonyl (C=O) groups excluding carboxylic acids is 1. The zero-order chi connectivity index (χ0) is 17.3. The molecule has 0 fully saturated rings. The van der Waals surface area contributed by atoms with Gasteiger partial charge in [0.25, 0.3) is 10.0 Å². The Bertz CT molecular complexity index is 1010. The van der Waals surface area contributed by atoms with E-state index in [1.807, 2.05) is 0 Å². The SMILES string of the molecule is COC(=O)c1ccc(S(=O)(=O)Nc2sc3ncccc3c2Cl)cc1. The van der Waals surface area contributed by atoms with Crippen molar-refractivity contribution in [2.75, 3.05) is 11.8 Å². The zero-order valence-corrected chi connectivity index (χ0v) is 14.7. The lowest BCUT2D eigenvalue weighted by atomic mass is 10.2. The maximum absolute atomic E-state index is 12.5. The molecule has 0 unspecified atom stereocenters. The molecule has 0 saturated heterocycles. The number of methoxy groups -OCH3 is 1. The highest BCUT2D eigenvalue weighted by molar-refractivity contribution is 7.93. The van der Waals surface area contributed by atoms with Crippen LogP contribution in [0.5, 0.6) is 0 Å². The van der Waals surface area contributed by atoms with Crippen LogP contribution in [0, 0.1) is 0 Å². The van der Waals surface area contributed by atoms with Crippen molar-refractivity contribution in [1.82, 2.24) is 4.98 Å². The average Bonchev–Trinajstić information content (AvgIpc) is 2.90. The quantitative estimate of drug-likeness (QED) is 0.697. The number of esters is 1. The molecule has 124 valence electrons. The van der Waals surface area contributed by atoms with Gasteiger partial charge in [0.05, 0.1) is 22.6 Å². The molecule has 9 heteroatoms. The third-order valence-electron chi connectivity index (χ3n) is 3.22. The minimum absolute atomic E-state index is 0.0108. The average molecular weight is 383 g/mol. The van der Waals surface area contributed by atoms with Gasteiger partial charge in [-0.2, -0.15) is 0 Å². The maximum Gasteiger partial charge on any atom is 0.337 e. The number of carbonyl (C=O) groups is 1. The van der Waals surface area contributed by atoms with Crippen LogP contribution in [0.15, 0.2) is 47.5 Å². The Morgan fingerprint density at radius 1 is 1.25 bits per heavy atom. The number of aromatic nitrogens is 1. The Hall–Kier alpha value is -2.16. The summed E-state index contributed by atoms with van der Waals surface area (Å²) in [7, 11) is -2.58. The molecule has 0 aliphatic rings. The van der Waals surface area contributed by atoms with Gasteiger partial charge in [0.2, 0.25) is 0 Å². The van der Waals surface area contributed by atoms with E-state index in [1.54, 1.807) is 18.3 Å². The van der Waals surface area contributed by atoms with E-state index in [-0.39, 0.29) is 10.5 Å². The van der Waals surface area contributed by atoms with E-state index in [2.05, 4.69) is 14.4 Å². The number of sulfonamides is 1. The van der Waals surface area contributed by atoms with Gasteiger partial charge < -0.3 is 4.74 Å². The van der Waals surface area contributed by atoms with E-state index in [0.717, 1.165) is 11.3 Å². The summed E-state index contributed by atoms with van der Waals surface area (Å²) in [5.74, 6) is -0.537. The van der Waals surface area contributed by atoms with Crippen molar-refractivity contribution < 1.29 is 17.9 Å². The molecule has 24 heavy (non-hydrogen) atoms. The molecule has 1 aromatic carbocycles. The molecule has 0 aliphatic heterocycles. The summed E-state index contributed by atoms with van der Waals surface area (Å²) in [5, 5.41) is 1.28. The van der Waals surface area contributed by atoms with Crippen molar-refractivity contribution in [3.05, 3.63) is 53.2 Å². The largest absolute Gasteiger partial charge is 0.465 e. The van der Waals surface area contributed by atoms with Crippen LogP contribution in [0.25, 0.3) is 10.2 Å². The Morgan fingerprint density at radius 2 is 1.96 bits per heavy atom. The van der Waals surface area contributed by atoms with Crippen molar-refractivity contribution >= 4 is 54.1 Å². The number of thiophene rings is 1. The van der Waals surface area contributed by atoms with Gasteiger partial charge in [0.15, 0.2) is 0 Å². The standard InChI is InChI=1S/C15H11ClN2O4S2/c1-22-15(19)9-4-6-10(7-5-9)24(20,21)18-14-12(16)11-3-2-8-17-13(11)23-14/h2-8,18H,1H3. The highest BCUT2D eigenvalue weighted by Crippen LogP contribution is 2.39. The Balaban J connectivity index is 1.93. The van der Waals surface area contributed by atoms with Gasteiger partial charge in [-0.3, -0.25) is 4.72 Å². The minimum Gasteiger partial charge on any atom is -0.465 e. The van der Waals surface area contributed by atoms with E-state index in [0.29, 0.717) is 20.2 Å². The lowest BCUT2D eigenvalue weighted by Crippen LogP contribution is -2.12. The lowest BCUT2D eigenvalue weighted by Gasteiger charge is -2.07. The van der Waals surface area contributed by atoms with Crippen molar-refractivity contribution in [3.63, 3.8) is 0 Å². The van der Waals surface area contributed by atoms with Gasteiger partial charge in [0, 0.05) is 11.6 Å². The van der Waals surface area contributed by atoms with Gasteiger partial charge in [-0.25, -0.2) is 18.2 Å². The number of pyridine rings is 1. The molecule has 2 aromatic heterocycles. The molecule has 3 aromatic rings. The van der Waals surface area contributed by atoms with Crippen molar-refractivity contribution in [2.45, 2.75) is 4.90 Å². The fraction of sp³-hybridized carbons (Fsp3) is 0.0667. The summed E-state index contributed by atoms with van der Waals surface area (Å²) in [6.45, 7) is 0. The van der Waals surface area contributed by atoms with Crippen LogP contribution in [0.2, 0.25) is 5.02 Å². The maximum atomic E-state index is 12.5. The second-order valence-corrected chi connectivity index (χ2v) is 7.78. The Labute approximate surface area is 147 Å². The van der Waals surface area contributed by atoms with Gasteiger partial charge in [-0.1, -0.05) is 22.9 Å². The number of hydrogen-bond acceptors (Lipinski definition) is 6. The molecule has 0 radical (unpaired) electrons. The monoisotopic (exact) mass is 382 g/mol. The fourth-order valence-electron chi connectivity index (χ4n) is 2.04. The molecule has 0 atom stereocenters. The van der Waals surface area contributed by atoms with Crippen molar-refractivity contribution in [1.29, 1.82) is 0 Å². The summed E-state index contributed by atoms with van der Waals surface area (Å²) in [6, 6.07) is 8.92. The smallest absolute Gasteiger partial charge is 0.337 e. The summed E-state index contributed by atoms with van der Waals surface area (Å²) >= 11 is 7.37. The summed E-state index contributed by atoms with van der Waals surface area (Å²) in [6.07, 6.45) is 1.61. The number of nitrogens with one attached hydrogen (secondary N) is 1. The van der Waals surface area contributed by atoms with Crippen LogP contribution in [0.3, 0.4) is 0 Å². The number of halogens is 1. The third kappa shape index (κ3) is 3.08.